The highest BCUT2D eigenvalue weighted by Crippen LogP contribution is 2.11. The standard InChI is InChI=1S/C36H65NO7/c1-6-8-10-12-14-16-17-18-19-21-22-24-26-34(38)43-31-32(30-42-29-28-33(36(40)41)37(3,4)5)44-35(39)27-25-23-20-15-13-11-9-7-2/h14,16,20,23,32-33H,6-13,15,17-19,21-22,24-31H2,1-5H3/b16-14+,23-20+. The molecule has 0 aliphatic rings. The summed E-state index contributed by atoms with van der Waals surface area (Å²) in [7, 11) is 5.37. The third kappa shape index (κ3) is 26.2. The summed E-state index contributed by atoms with van der Waals surface area (Å²) in [6.45, 7) is 4.51. The largest absolute Gasteiger partial charge is 0.544 e. The lowest BCUT2D eigenvalue weighted by Gasteiger charge is -2.34. The first-order chi connectivity index (χ1) is 21.1. The molecule has 0 aromatic heterocycles. The predicted molar refractivity (Wildman–Crippen MR) is 176 cm³/mol. The number of unbranched alkanes of at least 4 members (excludes halogenated alkanes) is 12. The number of allylic oxidation sites excluding steroid dienone is 4. The number of nitrogens with zero attached hydrogens (tertiary/aromatic N) is 1. The second kappa shape index (κ2) is 28.3. The summed E-state index contributed by atoms with van der Waals surface area (Å²) in [5, 5.41) is 11.5. The van der Waals surface area contributed by atoms with Crippen LogP contribution < -0.4 is 5.11 Å². The fraction of sp³-hybridized carbons (Fsp3) is 0.806. The van der Waals surface area contributed by atoms with Crippen molar-refractivity contribution in [3.05, 3.63) is 24.3 Å². The number of quaternary nitrogens is 1. The summed E-state index contributed by atoms with van der Waals surface area (Å²) in [6.07, 6.45) is 26.5. The molecular formula is C36H65NO7. The Morgan fingerprint density at radius 3 is 1.77 bits per heavy atom. The van der Waals surface area contributed by atoms with E-state index < -0.39 is 18.1 Å². The van der Waals surface area contributed by atoms with Crippen molar-refractivity contribution in [1.29, 1.82) is 0 Å². The summed E-state index contributed by atoms with van der Waals surface area (Å²) in [5.74, 6) is -1.82. The number of esters is 2. The Hall–Kier alpha value is -2.19. The van der Waals surface area contributed by atoms with Gasteiger partial charge < -0.3 is 28.6 Å². The molecule has 0 aromatic rings. The molecule has 0 aliphatic heterocycles. The van der Waals surface area contributed by atoms with Crippen molar-refractivity contribution in [1.82, 2.24) is 0 Å². The zero-order chi connectivity index (χ0) is 32.9. The second-order valence-electron chi connectivity index (χ2n) is 12.7. The van der Waals surface area contributed by atoms with Crippen LogP contribution in [0.5, 0.6) is 0 Å². The molecule has 0 N–H and O–H groups in total. The van der Waals surface area contributed by atoms with E-state index in [-0.39, 0.29) is 49.1 Å². The third-order valence-corrected chi connectivity index (χ3v) is 7.57. The number of ether oxygens (including phenoxy) is 3. The van der Waals surface area contributed by atoms with Crippen LogP contribution in [0.1, 0.15) is 136 Å². The average molecular weight is 624 g/mol. The van der Waals surface area contributed by atoms with Crippen molar-refractivity contribution in [3.63, 3.8) is 0 Å². The maximum atomic E-state index is 12.5. The van der Waals surface area contributed by atoms with E-state index in [1.807, 2.05) is 6.08 Å². The first-order valence-electron chi connectivity index (χ1n) is 17.4. The van der Waals surface area contributed by atoms with Crippen LogP contribution in [0.3, 0.4) is 0 Å². The van der Waals surface area contributed by atoms with Crippen molar-refractivity contribution in [2.24, 2.45) is 0 Å². The third-order valence-electron chi connectivity index (χ3n) is 7.57. The van der Waals surface area contributed by atoms with E-state index in [9.17, 15) is 19.5 Å². The molecule has 0 saturated heterocycles. The van der Waals surface area contributed by atoms with Gasteiger partial charge in [-0.05, 0) is 51.4 Å². The van der Waals surface area contributed by atoms with Crippen LogP contribution in [0.25, 0.3) is 0 Å². The van der Waals surface area contributed by atoms with E-state index in [1.165, 1.54) is 51.4 Å². The minimum atomic E-state index is -1.13. The first kappa shape index (κ1) is 41.8. The van der Waals surface area contributed by atoms with Crippen molar-refractivity contribution >= 4 is 17.9 Å². The molecule has 256 valence electrons. The molecule has 44 heavy (non-hydrogen) atoms. The summed E-state index contributed by atoms with van der Waals surface area (Å²) in [6, 6.07) is -0.727. The molecule has 8 nitrogen and oxygen atoms in total. The van der Waals surface area contributed by atoms with Crippen molar-refractivity contribution < 1.29 is 38.2 Å². The zero-order valence-electron chi connectivity index (χ0n) is 28.8. The number of rotatable bonds is 30. The molecule has 0 radical (unpaired) electrons. The maximum absolute atomic E-state index is 12.5. The topological polar surface area (TPSA) is 102 Å². The van der Waals surface area contributed by atoms with Gasteiger partial charge in [-0.2, -0.15) is 0 Å². The smallest absolute Gasteiger partial charge is 0.306 e. The molecule has 0 rings (SSSR count). The molecule has 0 fully saturated rings. The molecule has 2 unspecified atom stereocenters. The Kier molecular flexibility index (Phi) is 26.9. The van der Waals surface area contributed by atoms with E-state index >= 15 is 0 Å². The minimum Gasteiger partial charge on any atom is -0.544 e. The predicted octanol–water partition coefficient (Wildman–Crippen LogP) is 6.85. The Morgan fingerprint density at radius 2 is 1.18 bits per heavy atom. The van der Waals surface area contributed by atoms with Gasteiger partial charge in [-0.25, -0.2) is 0 Å². The number of carbonyl (C=O) groups excluding carboxylic acids is 3. The van der Waals surface area contributed by atoms with Gasteiger partial charge >= 0.3 is 11.9 Å². The first-order valence-corrected chi connectivity index (χ1v) is 17.4. The zero-order valence-corrected chi connectivity index (χ0v) is 28.8. The number of likely N-dealkylation sites (N-methyl/N-ethyl adjacent to an activating group) is 1. The lowest BCUT2D eigenvalue weighted by molar-refractivity contribution is -0.889. The van der Waals surface area contributed by atoms with Crippen LogP contribution in [0.4, 0.5) is 0 Å². The van der Waals surface area contributed by atoms with Crippen LogP contribution >= 0.6 is 0 Å². The number of hydrogen-bond acceptors (Lipinski definition) is 7. The number of carboxylic acid groups (broad SMARTS) is 1. The van der Waals surface area contributed by atoms with Crippen LogP contribution in [-0.4, -0.2) is 75.5 Å². The monoisotopic (exact) mass is 623 g/mol. The van der Waals surface area contributed by atoms with Gasteiger partial charge in [-0.15, -0.1) is 0 Å². The van der Waals surface area contributed by atoms with Crippen molar-refractivity contribution in [2.45, 2.75) is 148 Å². The molecule has 0 amide bonds. The molecule has 0 bridgehead atoms. The van der Waals surface area contributed by atoms with Crippen LogP contribution in [0, 0.1) is 0 Å². The quantitative estimate of drug-likeness (QED) is 0.0373. The van der Waals surface area contributed by atoms with Gasteiger partial charge in [0, 0.05) is 19.3 Å². The summed E-state index contributed by atoms with van der Waals surface area (Å²) < 4.78 is 16.9. The number of aliphatic carboxylic acids is 1. The average Bonchev–Trinajstić information content (AvgIpc) is 2.96. The highest BCUT2D eigenvalue weighted by Gasteiger charge is 2.25. The van der Waals surface area contributed by atoms with Gasteiger partial charge in [0.25, 0.3) is 0 Å². The molecular weight excluding hydrogens is 558 g/mol. The molecule has 0 aromatic carbocycles. The van der Waals surface area contributed by atoms with Gasteiger partial charge in [-0.3, -0.25) is 9.59 Å². The normalized spacial score (nSPS) is 13.4. The summed E-state index contributed by atoms with van der Waals surface area (Å²) in [4.78, 5) is 36.4. The summed E-state index contributed by atoms with van der Waals surface area (Å²) in [5.41, 5.74) is 0. The molecule has 0 spiro atoms. The molecule has 0 saturated carbocycles. The SMILES string of the molecule is CCCCC/C=C/CCCCCCCC(=O)OCC(COCCC(C(=O)[O-])[N+](C)(C)C)OC(=O)CC/C=C/CCCCCC. The Labute approximate surface area is 269 Å². The molecule has 2 atom stereocenters. The highest BCUT2D eigenvalue weighted by molar-refractivity contribution is 5.70. The van der Waals surface area contributed by atoms with Gasteiger partial charge in [0.15, 0.2) is 6.10 Å². The molecule has 8 heteroatoms. The van der Waals surface area contributed by atoms with Gasteiger partial charge in [0.2, 0.25) is 0 Å². The number of carboxylic acids is 1. The molecule has 0 heterocycles. The Morgan fingerprint density at radius 1 is 0.659 bits per heavy atom. The van der Waals surface area contributed by atoms with E-state index in [2.05, 4.69) is 32.1 Å². The van der Waals surface area contributed by atoms with Crippen LogP contribution in [0.15, 0.2) is 24.3 Å². The second-order valence-corrected chi connectivity index (χ2v) is 12.7. The van der Waals surface area contributed by atoms with E-state index in [4.69, 9.17) is 14.2 Å². The van der Waals surface area contributed by atoms with E-state index in [0.29, 0.717) is 12.8 Å². The molecule has 0 aliphatic carbocycles. The Balaban J connectivity index is 4.50. The van der Waals surface area contributed by atoms with Crippen molar-refractivity contribution in [3.8, 4) is 0 Å². The Bertz CT molecular complexity index is 788. The lowest BCUT2D eigenvalue weighted by atomic mass is 10.1. The number of carbonyl (C=O) groups is 3. The lowest BCUT2D eigenvalue weighted by Crippen LogP contribution is -2.55. The summed E-state index contributed by atoms with van der Waals surface area (Å²) >= 11 is 0. The van der Waals surface area contributed by atoms with Gasteiger partial charge in [0.1, 0.15) is 12.6 Å². The van der Waals surface area contributed by atoms with Crippen molar-refractivity contribution in [2.75, 3.05) is 41.0 Å². The van der Waals surface area contributed by atoms with E-state index in [0.717, 1.165) is 44.9 Å². The number of hydrogen-bond donors (Lipinski definition) is 0. The van der Waals surface area contributed by atoms with Gasteiger partial charge in [0.05, 0.1) is 40.3 Å². The highest BCUT2D eigenvalue weighted by atomic mass is 16.6. The van der Waals surface area contributed by atoms with Crippen LogP contribution in [-0.2, 0) is 28.6 Å². The fourth-order valence-corrected chi connectivity index (χ4v) is 4.79. The fourth-order valence-electron chi connectivity index (χ4n) is 4.79. The van der Waals surface area contributed by atoms with E-state index in [1.54, 1.807) is 21.1 Å². The minimum absolute atomic E-state index is 0.0241. The van der Waals surface area contributed by atoms with Gasteiger partial charge in [-0.1, -0.05) is 89.5 Å². The maximum Gasteiger partial charge on any atom is 0.306 e. The van der Waals surface area contributed by atoms with Crippen LogP contribution in [0.2, 0.25) is 0 Å².